The lowest BCUT2D eigenvalue weighted by Crippen LogP contribution is -2.49. The highest BCUT2D eigenvalue weighted by atomic mass is 35.5. The Morgan fingerprint density at radius 1 is 0.800 bits per heavy atom. The van der Waals surface area contributed by atoms with E-state index >= 15 is 0 Å². The SMILES string of the molecule is COc1ccc(OC)c(C=Cc2ccc(N3C(=O)[C@H]4[C@H](CC=C5[C@H]4C[C@H]4C(=O)N(c6ccc(F)c(Cl)c6)C(=O)[C@@]4(C)[C@H]5c4ccc(O)cc4Cl)C3=O)cc2)c1. The standard InChI is InChI=1S/C43H35Cl2FN2O7/c1-43-32(40(51)48(42(43)53)25-10-16-35(46)34(45)19-25)21-31-28(38(43)29-13-11-26(49)20-33(29)44)14-15-30-37(31)41(52)47(39(30)50)24-8-5-22(6-9-24)4-7-23-18-27(54-2)12-17-36(23)55-3/h4-14,16-20,30-32,37-38,49H,15,21H2,1-3H3/t30-,31+,32-,37-,38+,43+/m0/s1. The number of halogens is 3. The summed E-state index contributed by atoms with van der Waals surface area (Å²) in [7, 11) is 3.18. The summed E-state index contributed by atoms with van der Waals surface area (Å²) in [4.78, 5) is 59.9. The lowest BCUT2D eigenvalue weighted by Gasteiger charge is -2.49. The van der Waals surface area contributed by atoms with Gasteiger partial charge in [0.05, 0.1) is 53.8 Å². The van der Waals surface area contributed by atoms with E-state index in [1.807, 2.05) is 48.6 Å². The minimum Gasteiger partial charge on any atom is -0.508 e. The van der Waals surface area contributed by atoms with Crippen molar-refractivity contribution in [2.24, 2.45) is 29.1 Å². The molecule has 8 rings (SSSR count). The number of allylic oxidation sites excluding steroid dienone is 2. The Labute approximate surface area is 326 Å². The Morgan fingerprint density at radius 3 is 2.24 bits per heavy atom. The van der Waals surface area contributed by atoms with Crippen LogP contribution >= 0.6 is 23.2 Å². The second kappa shape index (κ2) is 13.7. The number of phenolic OH excluding ortho intramolecular Hbond substituents is 1. The fourth-order valence-electron chi connectivity index (χ4n) is 9.12. The molecule has 2 aliphatic carbocycles. The summed E-state index contributed by atoms with van der Waals surface area (Å²) in [5.74, 6) is -4.94. The smallest absolute Gasteiger partial charge is 0.241 e. The van der Waals surface area contributed by atoms with Crippen LogP contribution in [-0.2, 0) is 19.2 Å². The van der Waals surface area contributed by atoms with E-state index in [9.17, 15) is 28.7 Å². The summed E-state index contributed by atoms with van der Waals surface area (Å²) < 4.78 is 25.0. The number of anilines is 2. The summed E-state index contributed by atoms with van der Waals surface area (Å²) >= 11 is 12.9. The van der Waals surface area contributed by atoms with Crippen LogP contribution in [-0.4, -0.2) is 43.0 Å². The van der Waals surface area contributed by atoms with Crippen molar-refractivity contribution >= 4 is 70.4 Å². The van der Waals surface area contributed by atoms with Crippen molar-refractivity contribution in [2.45, 2.75) is 25.7 Å². The molecule has 6 atom stereocenters. The molecular weight excluding hydrogens is 746 g/mol. The molecule has 0 spiro atoms. The van der Waals surface area contributed by atoms with Crippen LogP contribution in [0.1, 0.15) is 42.4 Å². The Kier molecular flexibility index (Phi) is 9.09. The summed E-state index contributed by atoms with van der Waals surface area (Å²) in [6.45, 7) is 1.72. The predicted octanol–water partition coefficient (Wildman–Crippen LogP) is 8.46. The maximum atomic E-state index is 14.6. The molecule has 1 N–H and O–H groups in total. The van der Waals surface area contributed by atoms with E-state index < -0.39 is 52.6 Å². The first-order chi connectivity index (χ1) is 26.4. The predicted molar refractivity (Wildman–Crippen MR) is 207 cm³/mol. The van der Waals surface area contributed by atoms with Crippen LogP contribution in [0, 0.1) is 34.9 Å². The van der Waals surface area contributed by atoms with Gasteiger partial charge in [-0.2, -0.15) is 0 Å². The number of fused-ring (bicyclic) bond motifs is 4. The minimum atomic E-state index is -1.38. The largest absolute Gasteiger partial charge is 0.508 e. The average Bonchev–Trinajstić information content (AvgIpc) is 3.54. The molecule has 3 fully saturated rings. The molecule has 4 aromatic rings. The van der Waals surface area contributed by atoms with Crippen LogP contribution in [0.15, 0.2) is 90.5 Å². The number of imide groups is 2. The zero-order chi connectivity index (χ0) is 38.9. The maximum absolute atomic E-state index is 14.6. The number of benzene rings is 4. The van der Waals surface area contributed by atoms with E-state index in [0.29, 0.717) is 22.7 Å². The van der Waals surface area contributed by atoms with Gasteiger partial charge in [0.25, 0.3) is 0 Å². The number of phenols is 1. The zero-order valence-electron chi connectivity index (χ0n) is 30.0. The number of carbonyl (C=O) groups is 4. The van der Waals surface area contributed by atoms with E-state index in [1.165, 1.54) is 29.2 Å². The summed E-state index contributed by atoms with van der Waals surface area (Å²) in [5.41, 5.74) is 2.05. The number of nitrogens with zero attached hydrogens (tertiary/aromatic N) is 2. The van der Waals surface area contributed by atoms with E-state index in [4.69, 9.17) is 32.7 Å². The molecule has 4 aromatic carbocycles. The van der Waals surface area contributed by atoms with Crippen LogP contribution < -0.4 is 19.3 Å². The zero-order valence-corrected chi connectivity index (χ0v) is 31.5. The second-order valence-corrected chi connectivity index (χ2v) is 15.3. The highest BCUT2D eigenvalue weighted by molar-refractivity contribution is 6.32. The number of hydrogen-bond acceptors (Lipinski definition) is 7. The van der Waals surface area contributed by atoms with Crippen molar-refractivity contribution in [2.75, 3.05) is 24.0 Å². The molecule has 9 nitrogen and oxygen atoms in total. The Bertz CT molecular complexity index is 2360. The third kappa shape index (κ3) is 5.73. The maximum Gasteiger partial charge on any atom is 0.241 e. The molecular formula is C43H35Cl2FN2O7. The molecule has 55 heavy (non-hydrogen) atoms. The van der Waals surface area contributed by atoms with Gasteiger partial charge in [0.2, 0.25) is 23.6 Å². The van der Waals surface area contributed by atoms with E-state index in [1.54, 1.807) is 39.3 Å². The van der Waals surface area contributed by atoms with Crippen LogP contribution in [0.3, 0.4) is 0 Å². The van der Waals surface area contributed by atoms with Crippen LogP contribution in [0.2, 0.25) is 10.0 Å². The number of carbonyl (C=O) groups excluding carboxylic acids is 4. The van der Waals surface area contributed by atoms with E-state index in [2.05, 4.69) is 0 Å². The molecule has 280 valence electrons. The number of rotatable bonds is 7. The van der Waals surface area contributed by atoms with Crippen LogP contribution in [0.4, 0.5) is 15.8 Å². The van der Waals surface area contributed by atoms with Crippen LogP contribution in [0.5, 0.6) is 17.2 Å². The first-order valence-corrected chi connectivity index (χ1v) is 18.5. The molecule has 0 bridgehead atoms. The highest BCUT2D eigenvalue weighted by Gasteiger charge is 2.68. The fraction of sp³-hybridized carbons (Fsp3) is 0.256. The fourth-order valence-corrected chi connectivity index (χ4v) is 9.58. The molecule has 2 aliphatic heterocycles. The monoisotopic (exact) mass is 780 g/mol. The van der Waals surface area contributed by atoms with Crippen molar-refractivity contribution in [3.8, 4) is 17.2 Å². The number of aromatic hydroxyl groups is 1. The molecule has 12 heteroatoms. The molecule has 2 saturated heterocycles. The normalized spacial score (nSPS) is 25.9. The molecule has 1 saturated carbocycles. The van der Waals surface area contributed by atoms with Crippen molar-refractivity contribution in [1.82, 2.24) is 0 Å². The van der Waals surface area contributed by atoms with E-state index in [-0.39, 0.29) is 46.1 Å². The van der Waals surface area contributed by atoms with Gasteiger partial charge in [-0.1, -0.05) is 65.2 Å². The number of amides is 4. The summed E-state index contributed by atoms with van der Waals surface area (Å²) in [5, 5.41) is 10.2. The summed E-state index contributed by atoms with van der Waals surface area (Å²) in [6.07, 6.45) is 6.06. The van der Waals surface area contributed by atoms with Gasteiger partial charge < -0.3 is 14.6 Å². The van der Waals surface area contributed by atoms with Gasteiger partial charge in [0, 0.05) is 16.5 Å². The van der Waals surface area contributed by atoms with Crippen LogP contribution in [0.25, 0.3) is 12.2 Å². The van der Waals surface area contributed by atoms with Crippen molar-refractivity contribution in [3.63, 3.8) is 0 Å². The quantitative estimate of drug-likeness (QED) is 0.114. The van der Waals surface area contributed by atoms with Gasteiger partial charge in [-0.25, -0.2) is 9.29 Å². The van der Waals surface area contributed by atoms with E-state index in [0.717, 1.165) is 27.7 Å². The number of ether oxygens (including phenoxy) is 2. The molecule has 2 heterocycles. The lowest BCUT2D eigenvalue weighted by molar-refractivity contribution is -0.131. The first-order valence-electron chi connectivity index (χ1n) is 17.8. The highest BCUT2D eigenvalue weighted by Crippen LogP contribution is 2.64. The van der Waals surface area contributed by atoms with Gasteiger partial charge in [-0.05, 0) is 97.5 Å². The third-order valence-electron chi connectivity index (χ3n) is 11.8. The van der Waals surface area contributed by atoms with Gasteiger partial charge >= 0.3 is 0 Å². The first kappa shape index (κ1) is 36.5. The van der Waals surface area contributed by atoms with Crippen molar-refractivity contribution in [1.29, 1.82) is 0 Å². The minimum absolute atomic E-state index is 0.0781. The summed E-state index contributed by atoms with van der Waals surface area (Å²) in [6, 6.07) is 20.7. The average molecular weight is 782 g/mol. The molecule has 4 aliphatic rings. The molecule has 0 radical (unpaired) electrons. The lowest BCUT2D eigenvalue weighted by atomic mass is 9.51. The van der Waals surface area contributed by atoms with Crippen molar-refractivity contribution in [3.05, 3.63) is 123 Å². The molecule has 0 aromatic heterocycles. The van der Waals surface area contributed by atoms with Crippen molar-refractivity contribution < 1.29 is 38.1 Å². The topological polar surface area (TPSA) is 113 Å². The van der Waals surface area contributed by atoms with Gasteiger partial charge in [0.1, 0.15) is 23.1 Å². The third-order valence-corrected chi connectivity index (χ3v) is 12.4. The van der Waals surface area contributed by atoms with Gasteiger partial charge in [-0.15, -0.1) is 0 Å². The Morgan fingerprint density at radius 2 is 1.55 bits per heavy atom. The van der Waals surface area contributed by atoms with Gasteiger partial charge in [0.15, 0.2) is 0 Å². The molecule has 4 amide bonds. The Balaban J connectivity index is 1.14. The molecule has 0 unspecified atom stereocenters. The number of methoxy groups -OCH3 is 2. The van der Waals surface area contributed by atoms with Gasteiger partial charge in [-0.3, -0.25) is 24.1 Å². The second-order valence-electron chi connectivity index (χ2n) is 14.5. The Hall–Kier alpha value is -5.45. The number of hydrogen-bond donors (Lipinski definition) is 1.